The summed E-state index contributed by atoms with van der Waals surface area (Å²) in [6.45, 7) is 0. The van der Waals surface area contributed by atoms with Gasteiger partial charge in [-0.3, -0.25) is 24.0 Å². The fourth-order valence-electron chi connectivity index (χ4n) is 2.73. The molecular formula is C17H12N2O10S2. The number of anilines is 1. The molecule has 0 aliphatic carbocycles. The third kappa shape index (κ3) is 4.77. The van der Waals surface area contributed by atoms with Crippen LogP contribution in [-0.2, 0) is 20.2 Å². The van der Waals surface area contributed by atoms with Crippen LogP contribution in [0.2, 0.25) is 0 Å². The van der Waals surface area contributed by atoms with E-state index in [1.165, 1.54) is 18.2 Å². The Bertz CT molecular complexity index is 1460. The van der Waals surface area contributed by atoms with Crippen molar-refractivity contribution in [1.29, 1.82) is 0 Å². The zero-order valence-electron chi connectivity index (χ0n) is 15.1. The number of hydrogen-bond acceptors (Lipinski definition) is 8. The summed E-state index contributed by atoms with van der Waals surface area (Å²) in [5, 5.41) is 22.6. The second-order valence-electron chi connectivity index (χ2n) is 6.26. The topological polar surface area (TPSA) is 201 Å². The van der Waals surface area contributed by atoms with Crippen molar-refractivity contribution >= 4 is 48.3 Å². The van der Waals surface area contributed by atoms with E-state index in [9.17, 15) is 36.9 Å². The number of fused-ring (bicyclic) bond motifs is 3. The molecule has 0 saturated heterocycles. The first-order valence-electron chi connectivity index (χ1n) is 8.08. The van der Waals surface area contributed by atoms with Crippen molar-refractivity contribution in [2.45, 2.75) is 9.79 Å². The van der Waals surface area contributed by atoms with Crippen LogP contribution in [0.3, 0.4) is 0 Å². The standard InChI is InChI=1S/C10H8O7S2.C7H4N2O3/c11-10-5-8(19(15,16)17)4-6-3-7(18(12,13)14)1-2-9(6)10;10-7-4-1-5(8-7)3-6(2-4)9(11)12/h1-5,11H,(H,12,13,14)(H,15,16,17);1-3H,(H,8,10). The zero-order valence-corrected chi connectivity index (χ0v) is 16.7. The highest BCUT2D eigenvalue weighted by atomic mass is 32.2. The number of non-ortho nitro benzene ring substituents is 1. The fourth-order valence-corrected chi connectivity index (χ4v) is 3.79. The number of nitro groups is 1. The van der Waals surface area contributed by atoms with Gasteiger partial charge in [0.2, 0.25) is 0 Å². The summed E-state index contributed by atoms with van der Waals surface area (Å²) in [7, 11) is -8.99. The number of nitrogens with zero attached hydrogens (tertiary/aromatic N) is 1. The molecule has 0 atom stereocenters. The molecule has 162 valence electrons. The van der Waals surface area contributed by atoms with E-state index in [1.54, 1.807) is 6.07 Å². The van der Waals surface area contributed by atoms with Crippen molar-refractivity contribution in [2.24, 2.45) is 0 Å². The predicted molar refractivity (Wildman–Crippen MR) is 106 cm³/mol. The molecule has 0 saturated carbocycles. The van der Waals surface area contributed by atoms with Crippen LogP contribution in [0.25, 0.3) is 10.8 Å². The molecule has 3 aromatic rings. The Balaban J connectivity index is 0.000000194. The van der Waals surface area contributed by atoms with E-state index in [-0.39, 0.29) is 22.4 Å². The second-order valence-corrected chi connectivity index (χ2v) is 9.10. The number of amides is 1. The molecule has 0 radical (unpaired) electrons. The molecule has 2 bridgehead atoms. The predicted octanol–water partition coefficient (Wildman–Crippen LogP) is 2.20. The lowest BCUT2D eigenvalue weighted by molar-refractivity contribution is -0.384. The van der Waals surface area contributed by atoms with E-state index in [1.807, 2.05) is 0 Å². The minimum Gasteiger partial charge on any atom is -0.507 e. The van der Waals surface area contributed by atoms with Gasteiger partial charge in [-0.05, 0) is 35.7 Å². The van der Waals surface area contributed by atoms with Crippen molar-refractivity contribution in [3.63, 3.8) is 0 Å². The lowest BCUT2D eigenvalue weighted by atomic mass is 10.1. The number of benzene rings is 3. The Hall–Kier alpha value is -3.59. The largest absolute Gasteiger partial charge is 0.507 e. The Morgan fingerprint density at radius 3 is 2.03 bits per heavy atom. The van der Waals surface area contributed by atoms with Crippen LogP contribution in [0.1, 0.15) is 10.4 Å². The monoisotopic (exact) mass is 468 g/mol. The molecule has 3 aromatic carbocycles. The maximum Gasteiger partial charge on any atom is 0.294 e. The summed E-state index contributed by atoms with van der Waals surface area (Å²) < 4.78 is 61.7. The van der Waals surface area contributed by atoms with Crippen LogP contribution in [0.4, 0.5) is 11.4 Å². The summed E-state index contributed by atoms with van der Waals surface area (Å²) >= 11 is 0. The van der Waals surface area contributed by atoms with Crippen molar-refractivity contribution in [1.82, 2.24) is 0 Å². The summed E-state index contributed by atoms with van der Waals surface area (Å²) in [5.74, 6) is -0.717. The summed E-state index contributed by atoms with van der Waals surface area (Å²) in [6, 6.07) is 9.24. The van der Waals surface area contributed by atoms with E-state index in [2.05, 4.69) is 5.32 Å². The highest BCUT2D eigenvalue weighted by Gasteiger charge is 2.20. The average Bonchev–Trinajstić information content (AvgIpc) is 2.91. The molecule has 4 rings (SSSR count). The van der Waals surface area contributed by atoms with Crippen molar-refractivity contribution in [2.75, 3.05) is 5.32 Å². The number of phenolic OH excluding ortho intramolecular Hbond substituents is 1. The Kier molecular flexibility index (Phi) is 5.41. The lowest BCUT2D eigenvalue weighted by Crippen LogP contribution is -2.02. The van der Waals surface area contributed by atoms with Crippen molar-refractivity contribution in [3.05, 3.63) is 64.2 Å². The van der Waals surface area contributed by atoms with Gasteiger partial charge in [-0.2, -0.15) is 16.8 Å². The Labute approximate surface area is 174 Å². The molecule has 0 fully saturated rings. The highest BCUT2D eigenvalue weighted by molar-refractivity contribution is 7.86. The quantitative estimate of drug-likeness (QED) is 0.251. The summed E-state index contributed by atoms with van der Waals surface area (Å²) in [6.07, 6.45) is 0. The minimum absolute atomic E-state index is 0.0442. The van der Waals surface area contributed by atoms with Crippen LogP contribution in [0.5, 0.6) is 5.75 Å². The number of hydrogen-bond donors (Lipinski definition) is 4. The average molecular weight is 468 g/mol. The molecule has 0 unspecified atom stereocenters. The van der Waals surface area contributed by atoms with Gasteiger partial charge in [-0.15, -0.1) is 0 Å². The van der Waals surface area contributed by atoms with Gasteiger partial charge in [-0.25, -0.2) is 0 Å². The first kappa shape index (κ1) is 22.1. The first-order valence-corrected chi connectivity index (χ1v) is 11.0. The SMILES string of the molecule is O=C1Nc2cc1cc([N+](=O)[O-])c2.O=S(=O)(O)c1ccc2c(O)cc(S(=O)(=O)O)cc2c1. The molecule has 0 aromatic heterocycles. The Morgan fingerprint density at radius 1 is 0.871 bits per heavy atom. The smallest absolute Gasteiger partial charge is 0.294 e. The Morgan fingerprint density at radius 2 is 1.48 bits per heavy atom. The molecule has 1 heterocycles. The number of nitro benzene ring substituents is 1. The van der Waals surface area contributed by atoms with Crippen LogP contribution in [-0.4, -0.2) is 41.9 Å². The highest BCUT2D eigenvalue weighted by Crippen LogP contribution is 2.30. The van der Waals surface area contributed by atoms with Crippen LogP contribution in [0, 0.1) is 10.1 Å². The third-order valence-electron chi connectivity index (χ3n) is 4.12. The van der Waals surface area contributed by atoms with E-state index in [0.29, 0.717) is 11.3 Å². The second kappa shape index (κ2) is 7.59. The van der Waals surface area contributed by atoms with Crippen LogP contribution < -0.4 is 5.32 Å². The molecule has 14 heteroatoms. The molecular weight excluding hydrogens is 456 g/mol. The third-order valence-corrected chi connectivity index (χ3v) is 5.80. The van der Waals surface area contributed by atoms with E-state index in [4.69, 9.17) is 9.11 Å². The van der Waals surface area contributed by atoms with Gasteiger partial charge in [0.1, 0.15) is 5.75 Å². The van der Waals surface area contributed by atoms with Gasteiger partial charge in [0.15, 0.2) is 0 Å². The summed E-state index contributed by atoms with van der Waals surface area (Å²) in [4.78, 5) is 19.7. The first-order chi connectivity index (χ1) is 14.3. The number of carbonyl (C=O) groups excluding carboxylic acids is 1. The minimum atomic E-state index is -4.54. The van der Waals surface area contributed by atoms with Crippen LogP contribution in [0.15, 0.2) is 58.3 Å². The van der Waals surface area contributed by atoms with Gasteiger partial charge in [0.05, 0.1) is 14.7 Å². The van der Waals surface area contributed by atoms with E-state index < -0.39 is 40.7 Å². The van der Waals surface area contributed by atoms with Gasteiger partial charge >= 0.3 is 0 Å². The van der Waals surface area contributed by atoms with Crippen molar-refractivity contribution < 1.29 is 40.8 Å². The van der Waals surface area contributed by atoms with Gasteiger partial charge in [0, 0.05) is 34.8 Å². The van der Waals surface area contributed by atoms with E-state index in [0.717, 1.165) is 24.3 Å². The molecule has 0 spiro atoms. The lowest BCUT2D eigenvalue weighted by Gasteiger charge is -2.05. The van der Waals surface area contributed by atoms with Gasteiger partial charge < -0.3 is 10.4 Å². The number of carbonyl (C=O) groups is 1. The number of phenols is 1. The molecule has 12 nitrogen and oxygen atoms in total. The number of rotatable bonds is 3. The molecule has 1 aliphatic heterocycles. The number of nitrogens with one attached hydrogen (secondary N) is 1. The van der Waals surface area contributed by atoms with Crippen molar-refractivity contribution in [3.8, 4) is 5.75 Å². The summed E-state index contributed by atoms with van der Waals surface area (Å²) in [5.41, 5.74) is 0.782. The normalized spacial score (nSPS) is 12.8. The number of aromatic hydroxyl groups is 1. The molecule has 1 amide bonds. The molecule has 4 N–H and O–H groups in total. The van der Waals surface area contributed by atoms with Gasteiger partial charge in [0.25, 0.3) is 31.8 Å². The molecule has 31 heavy (non-hydrogen) atoms. The maximum absolute atomic E-state index is 11.0. The zero-order chi connectivity index (χ0) is 23.1. The maximum atomic E-state index is 11.0. The van der Waals surface area contributed by atoms with Gasteiger partial charge in [-0.1, -0.05) is 0 Å². The van der Waals surface area contributed by atoms with Crippen LogP contribution >= 0.6 is 0 Å². The fraction of sp³-hybridized carbons (Fsp3) is 0. The molecule has 1 aliphatic rings. The van der Waals surface area contributed by atoms with E-state index >= 15 is 0 Å².